The minimum atomic E-state index is -2.39. The summed E-state index contributed by atoms with van der Waals surface area (Å²) >= 11 is 33.7. The van der Waals surface area contributed by atoms with Crippen LogP contribution in [0.25, 0.3) is 65.3 Å². The van der Waals surface area contributed by atoms with Gasteiger partial charge in [0.25, 0.3) is 0 Å². The van der Waals surface area contributed by atoms with Gasteiger partial charge in [-0.1, -0.05) is 147 Å². The van der Waals surface area contributed by atoms with Crippen LogP contribution in [-0.4, -0.2) is 21.5 Å². The number of fused-ring (bicyclic) bond motifs is 4. The van der Waals surface area contributed by atoms with Crippen molar-refractivity contribution in [1.82, 2.24) is 0 Å². The Morgan fingerprint density at radius 2 is 0.793 bits per heavy atom. The van der Waals surface area contributed by atoms with Crippen LogP contribution in [0.3, 0.4) is 0 Å². The van der Waals surface area contributed by atoms with Gasteiger partial charge in [0.1, 0.15) is 0 Å². The van der Waals surface area contributed by atoms with Gasteiger partial charge in [-0.15, -0.1) is 136 Å². The molecule has 0 unspecified atom stereocenters. The van der Waals surface area contributed by atoms with Gasteiger partial charge in [-0.2, -0.15) is 12.1 Å². The maximum atomic E-state index is 5.76. The van der Waals surface area contributed by atoms with E-state index in [1.54, 1.807) is 0 Å². The van der Waals surface area contributed by atoms with E-state index in [4.69, 9.17) is 83.5 Å². The molecule has 0 saturated carbocycles. The predicted octanol–water partition coefficient (Wildman–Crippen LogP) is 18.4. The van der Waals surface area contributed by atoms with Crippen LogP contribution in [0.5, 0.6) is 0 Å². The summed E-state index contributed by atoms with van der Waals surface area (Å²) in [7, 11) is 10.8. The van der Waals surface area contributed by atoms with Crippen molar-refractivity contribution in [2.24, 2.45) is 0 Å². The van der Waals surface area contributed by atoms with Crippen molar-refractivity contribution in [2.45, 2.75) is 50.9 Å². The molecular formula is C46H42Cl8Si3Zr. The third-order valence-electron chi connectivity index (χ3n) is 9.58. The van der Waals surface area contributed by atoms with Crippen molar-refractivity contribution in [2.75, 3.05) is 0 Å². The Hall–Kier alpha value is -1.09. The predicted molar refractivity (Wildman–Crippen MR) is 267 cm³/mol. The molecule has 0 aliphatic carbocycles. The Morgan fingerprint density at radius 1 is 0.466 bits per heavy atom. The molecule has 0 spiro atoms. The number of benzene rings is 6. The van der Waals surface area contributed by atoms with Gasteiger partial charge in [-0.3, -0.25) is 0 Å². The second kappa shape index (κ2) is 23.4. The molecule has 0 nitrogen and oxygen atoms in total. The molecule has 0 N–H and O–H groups in total. The Kier molecular flexibility index (Phi) is 19.3. The zero-order chi connectivity index (χ0) is 41.7. The summed E-state index contributed by atoms with van der Waals surface area (Å²) in [6, 6.07) is 51.5. The van der Waals surface area contributed by atoms with E-state index in [9.17, 15) is 0 Å². The van der Waals surface area contributed by atoms with Gasteiger partial charge >= 0.3 is 49.9 Å². The van der Waals surface area contributed by atoms with E-state index in [1.807, 2.05) is 0 Å². The first-order valence-electron chi connectivity index (χ1n) is 18.9. The van der Waals surface area contributed by atoms with Crippen LogP contribution < -0.4 is 0 Å². The number of halogens is 8. The van der Waals surface area contributed by atoms with Gasteiger partial charge in [-0.05, 0) is 44.8 Å². The Bertz CT molecular complexity index is 2340. The molecule has 8 rings (SSSR count). The van der Waals surface area contributed by atoms with Crippen molar-refractivity contribution >= 4 is 148 Å². The monoisotopic (exact) mass is 1050 g/mol. The van der Waals surface area contributed by atoms with Gasteiger partial charge in [0.15, 0.2) is 0 Å². The third kappa shape index (κ3) is 14.5. The Balaban J connectivity index is 0.000000162. The first-order valence-corrected chi connectivity index (χ1v) is 37.1. The van der Waals surface area contributed by atoms with Gasteiger partial charge in [0, 0.05) is 9.52 Å². The van der Waals surface area contributed by atoms with Gasteiger partial charge in [-0.25, -0.2) is 0 Å². The molecule has 0 bridgehead atoms. The molecule has 0 amide bonds. The number of aryl methyl sites for hydroxylation is 2. The molecule has 298 valence electrons. The average molecular weight is 1050 g/mol. The summed E-state index contributed by atoms with van der Waals surface area (Å²) in [5, 5.41) is 10.6. The third-order valence-corrected chi connectivity index (χ3v) is 16.2. The van der Waals surface area contributed by atoms with Crippen LogP contribution in [0, 0.1) is 13.8 Å². The van der Waals surface area contributed by atoms with Crippen molar-refractivity contribution in [1.29, 1.82) is 0 Å². The fourth-order valence-electron chi connectivity index (χ4n) is 7.11. The van der Waals surface area contributed by atoms with E-state index in [-0.39, 0.29) is 0 Å². The zero-order valence-corrected chi connectivity index (χ0v) is 43.6. The number of hydrogen-bond acceptors (Lipinski definition) is 0. The quantitative estimate of drug-likeness (QED) is 0.0554. The average Bonchev–Trinajstić information content (AvgIpc) is 3.78. The van der Waals surface area contributed by atoms with Crippen LogP contribution in [0.1, 0.15) is 24.0 Å². The molecule has 58 heavy (non-hydrogen) atoms. The summed E-state index contributed by atoms with van der Waals surface area (Å²) in [6.07, 6.45) is 2.01. The minimum absolute atomic E-state index is 0.754. The first-order chi connectivity index (χ1) is 27.8. The van der Waals surface area contributed by atoms with Crippen LogP contribution in [-0.2, 0) is 20.8 Å². The molecule has 0 aliphatic heterocycles. The van der Waals surface area contributed by atoms with Crippen molar-refractivity contribution < 1.29 is 20.8 Å². The van der Waals surface area contributed by atoms with Gasteiger partial charge in [0.2, 0.25) is 0 Å². The van der Waals surface area contributed by atoms with E-state index in [1.165, 1.54) is 76.5 Å². The molecule has 0 heterocycles. The van der Waals surface area contributed by atoms with Gasteiger partial charge < -0.3 is 0 Å². The molecule has 0 atom stereocenters. The molecule has 0 aliphatic rings. The topological polar surface area (TPSA) is 0 Å². The fraction of sp³-hybridized carbons (Fsp3) is 0.174. The van der Waals surface area contributed by atoms with Crippen LogP contribution >= 0.6 is 83.5 Å². The Labute approximate surface area is 394 Å². The second-order valence-electron chi connectivity index (χ2n) is 14.0. The number of hydrogen-bond donors (Lipinski definition) is 0. The molecule has 0 fully saturated rings. The van der Waals surface area contributed by atoms with E-state index < -0.39 is 32.9 Å². The summed E-state index contributed by atoms with van der Waals surface area (Å²) in [5.41, 5.74) is 7.94. The molecule has 8 aromatic rings. The van der Waals surface area contributed by atoms with E-state index >= 15 is 0 Å². The standard InChI is InChI=1S/2C20H15.C6H12Cl6Si3.2ClH.Zr/c2*1-14-12-16-8-5-11-19(20(16)13-14)18-10-4-7-15-6-2-3-9-17(15)18;7-14(8,9)5-1-3-13-4-2-6-15(10,11)12;;;/h2*2-13H,1H3;1-6H2;2*1H;/q2*-1;;;;+4/p-2. The summed E-state index contributed by atoms with van der Waals surface area (Å²) in [5.74, 6) is 0. The Morgan fingerprint density at radius 3 is 1.17 bits per heavy atom. The molecular weight excluding hydrogens is 1010 g/mol. The van der Waals surface area contributed by atoms with E-state index in [2.05, 4.69) is 159 Å². The zero-order valence-electron chi connectivity index (χ0n) is 32.1. The van der Waals surface area contributed by atoms with E-state index in [0.717, 1.165) is 46.5 Å². The maximum absolute atomic E-state index is 5.76. The SMILES string of the molecule is Cc1cc2c(-c3cccc4ccccc34)cccc2[cH-]1.Cc1cc2c(-c3cccc4ccccc34)cccc2[cH-]1.Cl[Si](Cl)(Cl)CCC[Si]CCC[Si](Cl)(Cl)Cl.[Cl][Zr+2][Cl]. The van der Waals surface area contributed by atoms with Crippen LogP contribution in [0.4, 0.5) is 0 Å². The molecule has 0 saturated heterocycles. The number of rotatable bonds is 10. The van der Waals surface area contributed by atoms with Crippen LogP contribution in [0.2, 0.25) is 24.2 Å². The molecule has 2 radical (unpaired) electrons. The van der Waals surface area contributed by atoms with Gasteiger partial charge in [0.05, 0.1) is 0 Å². The van der Waals surface area contributed by atoms with Crippen molar-refractivity contribution in [3.63, 3.8) is 0 Å². The van der Waals surface area contributed by atoms with Crippen molar-refractivity contribution in [3.8, 4) is 22.3 Å². The second-order valence-corrected chi connectivity index (χ2v) is 37.8. The first kappa shape index (κ1) is 48.0. The van der Waals surface area contributed by atoms with Crippen LogP contribution in [0.15, 0.2) is 146 Å². The summed E-state index contributed by atoms with van der Waals surface area (Å²) < 4.78 is 0. The summed E-state index contributed by atoms with van der Waals surface area (Å²) in [6.45, 7) is 4.32. The molecule has 8 aromatic carbocycles. The normalized spacial score (nSPS) is 11.3. The molecule has 12 heteroatoms. The molecule has 0 aromatic heterocycles. The van der Waals surface area contributed by atoms with Crippen molar-refractivity contribution in [3.05, 3.63) is 157 Å². The fourth-order valence-corrected chi connectivity index (χ4v) is 12.5. The summed E-state index contributed by atoms with van der Waals surface area (Å²) in [4.78, 5) is 0. The van der Waals surface area contributed by atoms with E-state index in [0.29, 0.717) is 0 Å².